The minimum atomic E-state index is -0.531. The molecular weight excluding hydrogens is 469 g/mol. The van der Waals surface area contributed by atoms with Crippen molar-refractivity contribution in [1.29, 1.82) is 0 Å². The molecule has 0 aliphatic rings. The van der Waals surface area contributed by atoms with Gasteiger partial charge in [-0.3, -0.25) is 14.9 Å². The average Bonchev–Trinajstić information content (AvgIpc) is 3.31. The normalized spacial score (nSPS) is 10.7. The van der Waals surface area contributed by atoms with Crippen LogP contribution in [0.25, 0.3) is 17.1 Å². The van der Waals surface area contributed by atoms with Crippen LogP contribution in [0.1, 0.15) is 17.3 Å². The summed E-state index contributed by atoms with van der Waals surface area (Å²) in [5, 5.41) is 18.0. The van der Waals surface area contributed by atoms with Crippen LogP contribution in [0, 0.1) is 15.9 Å². The van der Waals surface area contributed by atoms with E-state index in [9.17, 15) is 19.3 Å². The molecule has 4 rings (SSSR count). The fraction of sp³-hybridized carbons (Fsp3) is 0.160. The molecule has 0 atom stereocenters. The number of carbonyl (C=O) groups is 1. The molecule has 1 amide bonds. The van der Waals surface area contributed by atoms with Gasteiger partial charge in [0.05, 0.1) is 17.2 Å². The molecule has 0 bridgehead atoms. The molecule has 0 radical (unpaired) electrons. The zero-order chi connectivity index (χ0) is 25.5. The molecule has 10 nitrogen and oxygen atoms in total. The zero-order valence-electron chi connectivity index (χ0n) is 19.3. The Labute approximate surface area is 205 Å². The second kappa shape index (κ2) is 11.2. The molecule has 36 heavy (non-hydrogen) atoms. The largest absolute Gasteiger partial charge is 0.460 e. The van der Waals surface area contributed by atoms with Gasteiger partial charge in [-0.25, -0.2) is 9.07 Å². The Kier molecular flexibility index (Phi) is 7.61. The lowest BCUT2D eigenvalue weighted by Gasteiger charge is -2.09. The second-order valence-corrected chi connectivity index (χ2v) is 7.49. The highest BCUT2D eigenvalue weighted by Gasteiger charge is 2.16. The maximum absolute atomic E-state index is 13.5. The molecule has 0 aliphatic carbocycles. The first-order chi connectivity index (χ1) is 17.4. The van der Waals surface area contributed by atoms with E-state index in [0.717, 1.165) is 0 Å². The van der Waals surface area contributed by atoms with Crippen molar-refractivity contribution >= 4 is 17.3 Å². The summed E-state index contributed by atoms with van der Waals surface area (Å²) >= 11 is 0. The van der Waals surface area contributed by atoms with Crippen molar-refractivity contribution in [2.45, 2.75) is 6.92 Å². The highest BCUT2D eigenvalue weighted by Crippen LogP contribution is 2.25. The Balaban J connectivity index is 1.60. The summed E-state index contributed by atoms with van der Waals surface area (Å²) < 4.78 is 25.9. The third-order valence-corrected chi connectivity index (χ3v) is 5.04. The van der Waals surface area contributed by atoms with Crippen LogP contribution in [-0.2, 0) is 4.74 Å². The number of benzene rings is 3. The minimum Gasteiger partial charge on any atom is -0.460 e. The molecule has 3 aromatic carbocycles. The number of nitrogens with zero attached hydrogens (tertiary/aromatic N) is 4. The first-order valence-corrected chi connectivity index (χ1v) is 11.0. The number of nitro benzene ring substituents is 1. The van der Waals surface area contributed by atoms with Crippen LogP contribution in [0.4, 0.5) is 15.8 Å². The number of hydrogen-bond donors (Lipinski definition) is 1. The number of anilines is 1. The Hall–Kier alpha value is -4.64. The van der Waals surface area contributed by atoms with Crippen LogP contribution in [0.15, 0.2) is 72.8 Å². The van der Waals surface area contributed by atoms with Crippen molar-refractivity contribution in [2.24, 2.45) is 0 Å². The van der Waals surface area contributed by atoms with Gasteiger partial charge in [0.25, 0.3) is 11.6 Å². The van der Waals surface area contributed by atoms with Crippen LogP contribution in [0.2, 0.25) is 0 Å². The van der Waals surface area contributed by atoms with Gasteiger partial charge < -0.3 is 14.8 Å². The van der Waals surface area contributed by atoms with E-state index in [1.807, 2.05) is 6.92 Å². The van der Waals surface area contributed by atoms with E-state index in [0.29, 0.717) is 36.0 Å². The molecule has 11 heteroatoms. The lowest BCUT2D eigenvalue weighted by Crippen LogP contribution is -2.12. The van der Waals surface area contributed by atoms with Gasteiger partial charge in [-0.15, -0.1) is 5.10 Å². The predicted molar refractivity (Wildman–Crippen MR) is 130 cm³/mol. The number of rotatable bonds is 10. The van der Waals surface area contributed by atoms with E-state index in [2.05, 4.69) is 15.4 Å². The first-order valence-electron chi connectivity index (χ1n) is 11.0. The average molecular weight is 491 g/mol. The van der Waals surface area contributed by atoms with Crippen molar-refractivity contribution in [1.82, 2.24) is 14.8 Å². The standard InChI is InChI=1S/C25H22FN5O5/c1-2-35-14-15-36-25-28-23(17-6-10-19(26)11-7-17)30(29-25)22-5-3-4-20(16-22)27-24(32)18-8-12-21(13-9-18)31(33)34/h3-13,16H,2,14-15H2,1H3,(H,27,32). The Morgan fingerprint density at radius 1 is 1.08 bits per heavy atom. The van der Waals surface area contributed by atoms with Crippen LogP contribution in [-0.4, -0.2) is 45.4 Å². The number of nitro groups is 1. The van der Waals surface area contributed by atoms with E-state index in [4.69, 9.17) is 9.47 Å². The first kappa shape index (κ1) is 24.5. The molecule has 1 heterocycles. The Morgan fingerprint density at radius 2 is 1.83 bits per heavy atom. The number of aromatic nitrogens is 3. The van der Waals surface area contributed by atoms with Gasteiger partial charge in [-0.05, 0) is 61.5 Å². The fourth-order valence-electron chi connectivity index (χ4n) is 3.31. The molecule has 0 spiro atoms. The number of nitrogens with one attached hydrogen (secondary N) is 1. The topological polar surface area (TPSA) is 121 Å². The molecule has 0 saturated carbocycles. The molecular formula is C25H22FN5O5. The van der Waals surface area contributed by atoms with E-state index >= 15 is 0 Å². The molecule has 1 N–H and O–H groups in total. The summed E-state index contributed by atoms with van der Waals surface area (Å²) in [5.41, 5.74) is 1.82. The number of hydrogen-bond acceptors (Lipinski definition) is 7. The lowest BCUT2D eigenvalue weighted by atomic mass is 10.2. The van der Waals surface area contributed by atoms with Gasteiger partial charge in [-0.2, -0.15) is 4.98 Å². The monoisotopic (exact) mass is 491 g/mol. The Bertz CT molecular complexity index is 1360. The highest BCUT2D eigenvalue weighted by atomic mass is 19.1. The van der Waals surface area contributed by atoms with Gasteiger partial charge in [-0.1, -0.05) is 6.07 Å². The molecule has 0 saturated heterocycles. The van der Waals surface area contributed by atoms with Crippen LogP contribution < -0.4 is 10.1 Å². The van der Waals surface area contributed by atoms with Crippen LogP contribution in [0.3, 0.4) is 0 Å². The summed E-state index contributed by atoms with van der Waals surface area (Å²) in [7, 11) is 0. The number of amides is 1. The van der Waals surface area contributed by atoms with Crippen molar-refractivity contribution < 1.29 is 23.6 Å². The Morgan fingerprint density at radius 3 is 2.53 bits per heavy atom. The zero-order valence-corrected chi connectivity index (χ0v) is 19.3. The maximum Gasteiger partial charge on any atom is 0.336 e. The van der Waals surface area contributed by atoms with E-state index in [1.165, 1.54) is 41.1 Å². The second-order valence-electron chi connectivity index (χ2n) is 7.49. The number of carbonyl (C=O) groups excluding carboxylic acids is 1. The van der Waals surface area contributed by atoms with Crippen molar-refractivity contribution in [3.63, 3.8) is 0 Å². The minimum absolute atomic E-state index is 0.104. The summed E-state index contributed by atoms with van der Waals surface area (Å²) in [6.07, 6.45) is 0. The van der Waals surface area contributed by atoms with E-state index in [1.54, 1.807) is 36.4 Å². The number of ether oxygens (including phenoxy) is 2. The quantitative estimate of drug-likeness (QED) is 0.195. The SMILES string of the molecule is CCOCCOc1nc(-c2ccc(F)cc2)n(-c2cccc(NC(=O)c3ccc([N+](=O)[O-])cc3)c2)n1. The molecule has 0 aliphatic heterocycles. The van der Waals surface area contributed by atoms with E-state index in [-0.39, 0.29) is 29.7 Å². The summed E-state index contributed by atoms with van der Waals surface area (Å²) in [4.78, 5) is 27.4. The molecule has 4 aromatic rings. The third kappa shape index (κ3) is 5.88. The summed E-state index contributed by atoms with van der Waals surface area (Å²) in [6, 6.07) is 18.1. The van der Waals surface area contributed by atoms with Gasteiger partial charge in [0.1, 0.15) is 12.4 Å². The molecule has 0 fully saturated rings. The highest BCUT2D eigenvalue weighted by molar-refractivity contribution is 6.04. The number of halogens is 1. The van der Waals surface area contributed by atoms with Gasteiger partial charge in [0, 0.05) is 35.6 Å². The molecule has 1 aromatic heterocycles. The molecule has 0 unspecified atom stereocenters. The lowest BCUT2D eigenvalue weighted by molar-refractivity contribution is -0.384. The van der Waals surface area contributed by atoms with Crippen molar-refractivity contribution in [3.8, 4) is 23.1 Å². The molecule has 184 valence electrons. The number of non-ortho nitro benzene ring substituents is 1. The van der Waals surface area contributed by atoms with Crippen molar-refractivity contribution in [3.05, 3.63) is 94.3 Å². The predicted octanol–water partition coefficient (Wildman–Crippen LogP) is 4.65. The van der Waals surface area contributed by atoms with Gasteiger partial charge in [0.15, 0.2) is 5.82 Å². The smallest absolute Gasteiger partial charge is 0.336 e. The van der Waals surface area contributed by atoms with E-state index < -0.39 is 10.8 Å². The fourth-order valence-corrected chi connectivity index (χ4v) is 3.31. The van der Waals surface area contributed by atoms with Crippen LogP contribution >= 0.6 is 0 Å². The summed E-state index contributed by atoms with van der Waals surface area (Å²) in [5.74, 6) is -0.395. The van der Waals surface area contributed by atoms with Crippen molar-refractivity contribution in [2.75, 3.05) is 25.1 Å². The van der Waals surface area contributed by atoms with Crippen LogP contribution in [0.5, 0.6) is 6.01 Å². The van der Waals surface area contributed by atoms with Gasteiger partial charge >= 0.3 is 6.01 Å². The maximum atomic E-state index is 13.5. The summed E-state index contributed by atoms with van der Waals surface area (Å²) in [6.45, 7) is 3.07. The van der Waals surface area contributed by atoms with Gasteiger partial charge in [0.2, 0.25) is 0 Å². The third-order valence-electron chi connectivity index (χ3n) is 5.04.